The van der Waals surface area contributed by atoms with E-state index in [0.29, 0.717) is 6.04 Å². The van der Waals surface area contributed by atoms with E-state index in [2.05, 4.69) is 17.2 Å². The third-order valence-electron chi connectivity index (χ3n) is 3.81. The van der Waals surface area contributed by atoms with Gasteiger partial charge in [0.05, 0.1) is 5.92 Å². The van der Waals surface area contributed by atoms with Gasteiger partial charge in [-0.3, -0.25) is 9.78 Å². The minimum atomic E-state index is -0.642. The maximum absolute atomic E-state index is 10.9. The van der Waals surface area contributed by atoms with E-state index in [4.69, 9.17) is 5.11 Å². The molecular weight excluding hydrogens is 228 g/mol. The first-order valence-corrected chi connectivity index (χ1v) is 6.52. The number of aliphatic carboxylic acids is 1. The average Bonchev–Trinajstić information content (AvgIpc) is 2.38. The van der Waals surface area contributed by atoms with Gasteiger partial charge in [-0.05, 0) is 49.8 Å². The highest BCUT2D eigenvalue weighted by Crippen LogP contribution is 2.24. The van der Waals surface area contributed by atoms with Gasteiger partial charge in [0.2, 0.25) is 0 Å². The molecule has 0 atom stereocenters. The van der Waals surface area contributed by atoms with Crippen LogP contribution in [0.3, 0.4) is 0 Å². The summed E-state index contributed by atoms with van der Waals surface area (Å²) in [6, 6.07) is 2.46. The van der Waals surface area contributed by atoms with Crippen molar-refractivity contribution < 1.29 is 9.90 Å². The van der Waals surface area contributed by atoms with Gasteiger partial charge in [0, 0.05) is 25.0 Å². The molecule has 0 bridgehead atoms. The zero-order valence-corrected chi connectivity index (χ0v) is 10.7. The van der Waals surface area contributed by atoms with Crippen molar-refractivity contribution in [2.75, 3.05) is 0 Å². The topological polar surface area (TPSA) is 62.2 Å². The molecule has 1 fully saturated rings. The average molecular weight is 248 g/mol. The highest BCUT2D eigenvalue weighted by atomic mass is 16.4. The number of nitrogens with one attached hydrogen (secondary N) is 1. The summed E-state index contributed by atoms with van der Waals surface area (Å²) in [5.41, 5.74) is 2.47. The number of carboxylic acids is 1. The largest absolute Gasteiger partial charge is 0.481 e. The number of hydrogen-bond donors (Lipinski definition) is 2. The van der Waals surface area contributed by atoms with E-state index in [1.54, 1.807) is 6.20 Å². The summed E-state index contributed by atoms with van der Waals surface area (Å²) in [7, 11) is 0. The standard InChI is InChI=1S/C14H20N2O2/c1-10-6-7-15-8-12(10)9-16-13-4-2-11(3-5-13)14(17)18/h6-8,11,13,16H,2-5,9H2,1H3,(H,17,18). The molecule has 98 valence electrons. The molecule has 1 aliphatic carbocycles. The quantitative estimate of drug-likeness (QED) is 0.856. The lowest BCUT2D eigenvalue weighted by Gasteiger charge is -2.27. The van der Waals surface area contributed by atoms with Crippen LogP contribution in [0.4, 0.5) is 0 Å². The van der Waals surface area contributed by atoms with E-state index in [1.165, 1.54) is 11.1 Å². The van der Waals surface area contributed by atoms with Crippen molar-refractivity contribution in [1.82, 2.24) is 10.3 Å². The van der Waals surface area contributed by atoms with E-state index in [9.17, 15) is 4.79 Å². The SMILES string of the molecule is Cc1ccncc1CNC1CCC(C(=O)O)CC1. The smallest absolute Gasteiger partial charge is 0.306 e. The Balaban J connectivity index is 1.79. The molecule has 4 nitrogen and oxygen atoms in total. The highest BCUT2D eigenvalue weighted by Gasteiger charge is 2.25. The van der Waals surface area contributed by atoms with Crippen molar-refractivity contribution in [3.63, 3.8) is 0 Å². The number of aromatic nitrogens is 1. The van der Waals surface area contributed by atoms with Crippen LogP contribution in [-0.4, -0.2) is 22.1 Å². The number of nitrogens with zero attached hydrogens (tertiary/aromatic N) is 1. The molecule has 1 aliphatic rings. The monoisotopic (exact) mass is 248 g/mol. The Morgan fingerprint density at radius 3 is 2.78 bits per heavy atom. The summed E-state index contributed by atoms with van der Waals surface area (Å²) in [5, 5.41) is 12.4. The summed E-state index contributed by atoms with van der Waals surface area (Å²) in [4.78, 5) is 15.0. The van der Waals surface area contributed by atoms with E-state index >= 15 is 0 Å². The van der Waals surface area contributed by atoms with Crippen LogP contribution in [0, 0.1) is 12.8 Å². The molecule has 2 N–H and O–H groups in total. The summed E-state index contributed by atoms with van der Waals surface area (Å²) < 4.78 is 0. The van der Waals surface area contributed by atoms with Gasteiger partial charge in [0.25, 0.3) is 0 Å². The second kappa shape index (κ2) is 5.96. The fourth-order valence-electron chi connectivity index (χ4n) is 2.48. The molecule has 1 aromatic rings. The van der Waals surface area contributed by atoms with Crippen LogP contribution in [0.1, 0.15) is 36.8 Å². The number of hydrogen-bond acceptors (Lipinski definition) is 3. The van der Waals surface area contributed by atoms with Gasteiger partial charge < -0.3 is 10.4 Å². The van der Waals surface area contributed by atoms with Crippen LogP contribution < -0.4 is 5.32 Å². The van der Waals surface area contributed by atoms with Crippen molar-refractivity contribution in [1.29, 1.82) is 0 Å². The van der Waals surface area contributed by atoms with Crippen LogP contribution in [0.5, 0.6) is 0 Å². The van der Waals surface area contributed by atoms with E-state index in [1.807, 2.05) is 12.3 Å². The molecular formula is C14H20N2O2. The van der Waals surface area contributed by atoms with Gasteiger partial charge in [-0.2, -0.15) is 0 Å². The summed E-state index contributed by atoms with van der Waals surface area (Å²) in [5.74, 6) is -0.778. The Kier molecular flexibility index (Phi) is 4.31. The molecule has 0 radical (unpaired) electrons. The van der Waals surface area contributed by atoms with Crippen LogP contribution >= 0.6 is 0 Å². The fraction of sp³-hybridized carbons (Fsp3) is 0.571. The first kappa shape index (κ1) is 13.0. The Bertz CT molecular complexity index is 412. The van der Waals surface area contributed by atoms with Crippen molar-refractivity contribution in [2.45, 2.75) is 45.2 Å². The van der Waals surface area contributed by atoms with Crippen molar-refractivity contribution >= 4 is 5.97 Å². The summed E-state index contributed by atoms with van der Waals surface area (Å²) >= 11 is 0. The first-order chi connectivity index (χ1) is 8.66. The van der Waals surface area contributed by atoms with Crippen molar-refractivity contribution in [3.05, 3.63) is 29.6 Å². The first-order valence-electron chi connectivity index (χ1n) is 6.52. The van der Waals surface area contributed by atoms with Gasteiger partial charge in [-0.15, -0.1) is 0 Å². The summed E-state index contributed by atoms with van der Waals surface area (Å²) in [6.45, 7) is 2.90. The molecule has 0 spiro atoms. The van der Waals surface area contributed by atoms with Crippen LogP contribution in [0.2, 0.25) is 0 Å². The third kappa shape index (κ3) is 3.29. The van der Waals surface area contributed by atoms with Gasteiger partial charge in [0.1, 0.15) is 0 Å². The van der Waals surface area contributed by atoms with E-state index < -0.39 is 5.97 Å². The molecule has 0 unspecified atom stereocenters. The van der Waals surface area contributed by atoms with E-state index in [-0.39, 0.29) is 5.92 Å². The van der Waals surface area contributed by atoms with Crippen molar-refractivity contribution in [2.24, 2.45) is 5.92 Å². The lowest BCUT2D eigenvalue weighted by molar-refractivity contribution is -0.142. The normalized spacial score (nSPS) is 23.8. The number of rotatable bonds is 4. The maximum atomic E-state index is 10.9. The molecule has 1 aromatic heterocycles. The molecule has 0 amide bonds. The van der Waals surface area contributed by atoms with Crippen molar-refractivity contribution in [3.8, 4) is 0 Å². The van der Waals surface area contributed by atoms with Crippen LogP contribution in [-0.2, 0) is 11.3 Å². The molecule has 18 heavy (non-hydrogen) atoms. The fourth-order valence-corrected chi connectivity index (χ4v) is 2.48. The maximum Gasteiger partial charge on any atom is 0.306 e. The second-order valence-electron chi connectivity index (χ2n) is 5.07. The van der Waals surface area contributed by atoms with E-state index in [0.717, 1.165) is 32.2 Å². The highest BCUT2D eigenvalue weighted by molar-refractivity contribution is 5.70. The minimum Gasteiger partial charge on any atom is -0.481 e. The molecule has 1 heterocycles. The molecule has 2 rings (SSSR count). The zero-order valence-electron chi connectivity index (χ0n) is 10.7. The lowest BCUT2D eigenvalue weighted by Crippen LogP contribution is -2.34. The number of pyridine rings is 1. The van der Waals surface area contributed by atoms with Gasteiger partial charge >= 0.3 is 5.97 Å². The van der Waals surface area contributed by atoms with Gasteiger partial charge in [0.15, 0.2) is 0 Å². The second-order valence-corrected chi connectivity index (χ2v) is 5.07. The zero-order chi connectivity index (χ0) is 13.0. The van der Waals surface area contributed by atoms with Gasteiger partial charge in [-0.1, -0.05) is 0 Å². The Labute approximate surface area is 107 Å². The molecule has 0 aliphatic heterocycles. The predicted octanol–water partition coefficient (Wildman–Crippen LogP) is 2.12. The summed E-state index contributed by atoms with van der Waals surface area (Å²) in [6.07, 6.45) is 7.19. The molecule has 1 saturated carbocycles. The molecule has 0 saturated heterocycles. The van der Waals surface area contributed by atoms with Crippen LogP contribution in [0.15, 0.2) is 18.5 Å². The lowest BCUT2D eigenvalue weighted by atomic mass is 9.86. The predicted molar refractivity (Wildman–Crippen MR) is 69.2 cm³/mol. The Morgan fingerprint density at radius 1 is 1.44 bits per heavy atom. The Hall–Kier alpha value is -1.42. The molecule has 4 heteroatoms. The Morgan fingerprint density at radius 2 is 2.17 bits per heavy atom. The molecule has 0 aromatic carbocycles. The van der Waals surface area contributed by atoms with Crippen LogP contribution in [0.25, 0.3) is 0 Å². The minimum absolute atomic E-state index is 0.136. The van der Waals surface area contributed by atoms with Gasteiger partial charge in [-0.25, -0.2) is 0 Å². The number of carboxylic acid groups (broad SMARTS) is 1. The third-order valence-corrected chi connectivity index (χ3v) is 3.81. The number of aryl methyl sites for hydroxylation is 1. The number of carbonyl (C=O) groups is 1.